The zero-order valence-electron chi connectivity index (χ0n) is 17.8. The van der Waals surface area contributed by atoms with E-state index in [0.717, 1.165) is 0 Å². The molecule has 1 aliphatic rings. The summed E-state index contributed by atoms with van der Waals surface area (Å²) in [5.74, 6) is -2.46. The minimum Gasteiger partial charge on any atom is -0.481 e. The van der Waals surface area contributed by atoms with Crippen molar-refractivity contribution in [3.63, 3.8) is 0 Å². The molecule has 0 bridgehead atoms. The number of hydrogen-bond donors (Lipinski definition) is 0. The Morgan fingerprint density at radius 3 is 2.24 bits per heavy atom. The molecule has 0 aliphatic carbocycles. The van der Waals surface area contributed by atoms with Crippen molar-refractivity contribution in [3.8, 4) is 5.88 Å². The predicted molar refractivity (Wildman–Crippen MR) is 112 cm³/mol. The zero-order valence-corrected chi connectivity index (χ0v) is 17.8. The fourth-order valence-electron chi connectivity index (χ4n) is 3.84. The number of halogens is 5. The van der Waals surface area contributed by atoms with Gasteiger partial charge in [-0.1, -0.05) is 0 Å². The Kier molecular flexibility index (Phi) is 5.47. The molecule has 2 aromatic carbocycles. The molecule has 33 heavy (non-hydrogen) atoms. The van der Waals surface area contributed by atoms with Gasteiger partial charge in [0.2, 0.25) is 5.88 Å². The predicted octanol–water partition coefficient (Wildman–Crippen LogP) is 5.76. The summed E-state index contributed by atoms with van der Waals surface area (Å²) in [7, 11) is 1.43. The number of amides is 1. The standard InChI is InChI=1S/C23H18F5N3O2/c1-12-8-14(24)4-5-18(12)30-11-31(19-6-7-21(33-3)29-13(19)2)22(32)15-9-16(23(26,27)28)17(25)10-20(15)30/h4-10H,11H2,1-3H3. The third kappa shape index (κ3) is 3.96. The average molecular weight is 463 g/mol. The molecule has 2 heterocycles. The summed E-state index contributed by atoms with van der Waals surface area (Å²) in [4.78, 5) is 20.3. The summed E-state index contributed by atoms with van der Waals surface area (Å²) in [6.07, 6.45) is -4.99. The van der Waals surface area contributed by atoms with Gasteiger partial charge in [-0.15, -0.1) is 0 Å². The van der Waals surface area contributed by atoms with Gasteiger partial charge < -0.3 is 9.64 Å². The van der Waals surface area contributed by atoms with Crippen LogP contribution in [0.25, 0.3) is 0 Å². The normalized spacial score (nSPS) is 13.9. The van der Waals surface area contributed by atoms with E-state index in [-0.39, 0.29) is 17.9 Å². The fourth-order valence-corrected chi connectivity index (χ4v) is 3.84. The Balaban J connectivity index is 1.94. The van der Waals surface area contributed by atoms with Crippen LogP contribution in [-0.4, -0.2) is 24.7 Å². The van der Waals surface area contributed by atoms with Crippen LogP contribution in [0.5, 0.6) is 5.88 Å². The Bertz CT molecular complexity index is 1260. The first kappa shape index (κ1) is 22.5. The molecule has 0 saturated carbocycles. The molecule has 0 fully saturated rings. The smallest absolute Gasteiger partial charge is 0.419 e. The van der Waals surface area contributed by atoms with E-state index in [4.69, 9.17) is 4.74 Å². The minimum atomic E-state index is -4.99. The number of carbonyl (C=O) groups is 1. The van der Waals surface area contributed by atoms with Crippen LogP contribution in [0, 0.1) is 25.5 Å². The lowest BCUT2D eigenvalue weighted by atomic mass is 10.0. The van der Waals surface area contributed by atoms with E-state index in [1.54, 1.807) is 19.9 Å². The molecule has 0 atom stereocenters. The second-order valence-electron chi connectivity index (χ2n) is 7.54. The number of fused-ring (bicyclic) bond motifs is 1. The molecule has 1 aromatic heterocycles. The summed E-state index contributed by atoms with van der Waals surface area (Å²) >= 11 is 0. The van der Waals surface area contributed by atoms with Crippen molar-refractivity contribution >= 4 is 23.0 Å². The highest BCUT2D eigenvalue weighted by molar-refractivity contribution is 6.13. The van der Waals surface area contributed by atoms with Gasteiger partial charge >= 0.3 is 6.18 Å². The number of carbonyl (C=O) groups excluding carboxylic acids is 1. The van der Waals surface area contributed by atoms with E-state index in [9.17, 15) is 26.7 Å². The molecule has 172 valence electrons. The number of methoxy groups -OCH3 is 1. The van der Waals surface area contributed by atoms with Crippen LogP contribution in [0.15, 0.2) is 42.5 Å². The van der Waals surface area contributed by atoms with Crippen molar-refractivity contribution in [1.82, 2.24) is 4.98 Å². The van der Waals surface area contributed by atoms with Crippen molar-refractivity contribution in [3.05, 3.63) is 76.5 Å². The van der Waals surface area contributed by atoms with Crippen LogP contribution in [0.3, 0.4) is 0 Å². The third-order valence-corrected chi connectivity index (χ3v) is 5.42. The number of anilines is 3. The molecule has 10 heteroatoms. The molecular weight excluding hydrogens is 445 g/mol. The van der Waals surface area contributed by atoms with Gasteiger partial charge in [0.05, 0.1) is 35.3 Å². The maximum Gasteiger partial charge on any atom is 0.419 e. The number of aryl methyl sites for hydroxylation is 2. The van der Waals surface area contributed by atoms with Gasteiger partial charge in [0.15, 0.2) is 0 Å². The summed E-state index contributed by atoms with van der Waals surface area (Å²) in [6.45, 7) is 3.08. The number of aromatic nitrogens is 1. The highest BCUT2D eigenvalue weighted by Gasteiger charge is 2.39. The first-order valence-electron chi connectivity index (χ1n) is 9.79. The van der Waals surface area contributed by atoms with Crippen molar-refractivity contribution in [2.45, 2.75) is 20.0 Å². The Morgan fingerprint density at radius 2 is 1.64 bits per heavy atom. The quantitative estimate of drug-likeness (QED) is 0.464. The Hall–Kier alpha value is -3.69. The molecule has 4 rings (SSSR count). The van der Waals surface area contributed by atoms with Crippen molar-refractivity contribution in [2.75, 3.05) is 23.6 Å². The van der Waals surface area contributed by atoms with Crippen LogP contribution in [0.4, 0.5) is 39.0 Å². The fraction of sp³-hybridized carbons (Fsp3) is 0.217. The number of alkyl halides is 3. The number of benzene rings is 2. The Labute approximate surface area is 186 Å². The van der Waals surface area contributed by atoms with Crippen molar-refractivity contribution < 1.29 is 31.5 Å². The molecule has 0 N–H and O–H groups in total. The van der Waals surface area contributed by atoms with Gasteiger partial charge in [0.25, 0.3) is 5.91 Å². The monoisotopic (exact) mass is 463 g/mol. The zero-order chi connectivity index (χ0) is 24.1. The van der Waals surface area contributed by atoms with Crippen LogP contribution >= 0.6 is 0 Å². The molecular formula is C23H18F5N3O2. The molecule has 0 saturated heterocycles. The number of rotatable bonds is 3. The van der Waals surface area contributed by atoms with Crippen LogP contribution in [0.2, 0.25) is 0 Å². The van der Waals surface area contributed by atoms with E-state index < -0.39 is 29.3 Å². The summed E-state index contributed by atoms with van der Waals surface area (Å²) < 4.78 is 73.4. The Morgan fingerprint density at radius 1 is 0.939 bits per heavy atom. The van der Waals surface area contributed by atoms with Crippen LogP contribution in [-0.2, 0) is 6.18 Å². The molecule has 0 radical (unpaired) electrons. The average Bonchev–Trinajstić information content (AvgIpc) is 2.74. The van der Waals surface area contributed by atoms with Gasteiger partial charge in [-0.3, -0.25) is 9.69 Å². The SMILES string of the molecule is COc1ccc(N2CN(c3ccc(F)cc3C)c3cc(F)c(C(F)(F)F)cc3C2=O)c(C)n1. The van der Waals surface area contributed by atoms with Crippen LogP contribution < -0.4 is 14.5 Å². The summed E-state index contributed by atoms with van der Waals surface area (Å²) in [5.41, 5.74) is -0.316. The maximum atomic E-state index is 14.5. The van der Waals surface area contributed by atoms with E-state index in [1.807, 2.05) is 0 Å². The number of hydrogen-bond acceptors (Lipinski definition) is 4. The number of pyridine rings is 1. The molecule has 1 amide bonds. The van der Waals surface area contributed by atoms with E-state index >= 15 is 0 Å². The van der Waals surface area contributed by atoms with Gasteiger partial charge in [-0.25, -0.2) is 13.8 Å². The molecule has 0 unspecified atom stereocenters. The topological polar surface area (TPSA) is 45.7 Å². The lowest BCUT2D eigenvalue weighted by Gasteiger charge is -2.39. The lowest BCUT2D eigenvalue weighted by Crippen LogP contribution is -2.45. The summed E-state index contributed by atoms with van der Waals surface area (Å²) in [5, 5.41) is 0. The first-order chi connectivity index (χ1) is 15.5. The van der Waals surface area contributed by atoms with Crippen molar-refractivity contribution in [2.24, 2.45) is 0 Å². The van der Waals surface area contributed by atoms with Gasteiger partial charge in [-0.05, 0) is 55.8 Å². The molecule has 1 aliphatic heterocycles. The van der Waals surface area contributed by atoms with Gasteiger partial charge in [0.1, 0.15) is 18.3 Å². The largest absolute Gasteiger partial charge is 0.481 e. The number of ether oxygens (including phenoxy) is 1. The van der Waals surface area contributed by atoms with E-state index in [1.165, 1.54) is 41.2 Å². The van der Waals surface area contributed by atoms with E-state index in [2.05, 4.69) is 4.98 Å². The molecule has 0 spiro atoms. The molecule has 5 nitrogen and oxygen atoms in total. The third-order valence-electron chi connectivity index (χ3n) is 5.42. The summed E-state index contributed by atoms with van der Waals surface area (Å²) in [6, 6.07) is 8.14. The molecule has 3 aromatic rings. The maximum absolute atomic E-state index is 14.5. The van der Waals surface area contributed by atoms with Crippen molar-refractivity contribution in [1.29, 1.82) is 0 Å². The second kappa shape index (κ2) is 8.02. The van der Waals surface area contributed by atoms with Gasteiger partial charge in [-0.2, -0.15) is 13.2 Å². The van der Waals surface area contributed by atoms with E-state index in [0.29, 0.717) is 40.6 Å². The lowest BCUT2D eigenvalue weighted by molar-refractivity contribution is -0.140. The second-order valence-corrected chi connectivity index (χ2v) is 7.54. The van der Waals surface area contributed by atoms with Gasteiger partial charge in [0, 0.05) is 11.8 Å². The highest BCUT2D eigenvalue weighted by atomic mass is 19.4. The minimum absolute atomic E-state index is 0.0458. The number of nitrogens with zero attached hydrogens (tertiary/aromatic N) is 3. The van der Waals surface area contributed by atoms with Crippen LogP contribution in [0.1, 0.15) is 27.2 Å². The first-order valence-corrected chi connectivity index (χ1v) is 9.79. The highest BCUT2D eigenvalue weighted by Crippen LogP contribution is 2.42.